The molecule has 2 aromatic rings. The van der Waals surface area contributed by atoms with E-state index >= 15 is 0 Å². The second-order valence-corrected chi connectivity index (χ2v) is 10.9. The maximum absolute atomic E-state index is 12.8. The highest BCUT2D eigenvalue weighted by molar-refractivity contribution is 7.90. The number of anilines is 1. The monoisotopic (exact) mass is 542 g/mol. The number of amides is 1. The zero-order valence-electron chi connectivity index (χ0n) is 22.8. The average molecular weight is 543 g/mol. The molecule has 3 atom stereocenters. The molecule has 3 rings (SSSR count). The van der Waals surface area contributed by atoms with Crippen LogP contribution in [0.1, 0.15) is 69.8 Å². The van der Waals surface area contributed by atoms with E-state index in [-0.39, 0.29) is 37.0 Å². The summed E-state index contributed by atoms with van der Waals surface area (Å²) in [4.78, 5) is 31.0. The molecule has 0 aliphatic carbocycles. The fourth-order valence-corrected chi connectivity index (χ4v) is 4.59. The molecule has 0 unspecified atom stereocenters. The van der Waals surface area contributed by atoms with E-state index in [4.69, 9.17) is 9.47 Å². The van der Waals surface area contributed by atoms with E-state index < -0.39 is 11.6 Å². The van der Waals surface area contributed by atoms with E-state index in [9.17, 15) is 9.59 Å². The SMILES string of the molecule is C=N[C@@H](CC(=O)N[C@H](C)c1ccc(N2CC[C@@H](OCC(=O)OC(C)(C)C)C2)cc1)c1nnc(C)n1C(=C)S. The predicted octanol–water partition coefficient (Wildman–Crippen LogP) is 3.89. The van der Waals surface area contributed by atoms with Gasteiger partial charge < -0.3 is 19.7 Å². The van der Waals surface area contributed by atoms with Crippen LogP contribution in [0.15, 0.2) is 35.8 Å². The number of nitrogens with one attached hydrogen (secondary N) is 1. The summed E-state index contributed by atoms with van der Waals surface area (Å²) in [7, 11) is 0. The van der Waals surface area contributed by atoms with Crippen LogP contribution in [-0.4, -0.2) is 64.8 Å². The molecule has 2 heterocycles. The summed E-state index contributed by atoms with van der Waals surface area (Å²) in [6.45, 7) is 18.2. The van der Waals surface area contributed by atoms with E-state index in [1.807, 2.05) is 52.0 Å². The van der Waals surface area contributed by atoms with Gasteiger partial charge in [0.1, 0.15) is 24.1 Å². The molecule has 1 fully saturated rings. The summed E-state index contributed by atoms with van der Waals surface area (Å²) < 4.78 is 12.7. The third-order valence-electron chi connectivity index (χ3n) is 6.14. The zero-order chi connectivity index (χ0) is 28.0. The fourth-order valence-electron chi connectivity index (χ4n) is 4.34. The number of aryl methyl sites for hydroxylation is 1. The van der Waals surface area contributed by atoms with E-state index in [2.05, 4.69) is 51.3 Å². The first-order valence-corrected chi connectivity index (χ1v) is 13.1. The Hall–Kier alpha value is -3.18. The van der Waals surface area contributed by atoms with Gasteiger partial charge in [0.25, 0.3) is 0 Å². The molecule has 10 nitrogen and oxygen atoms in total. The molecule has 0 radical (unpaired) electrons. The van der Waals surface area contributed by atoms with Gasteiger partial charge in [0.15, 0.2) is 5.82 Å². The third kappa shape index (κ3) is 7.91. The standard InChI is InChI=1S/C27H38N6O4S/c1-17(29-24(34)14-23(28-7)26-31-30-18(2)33(26)19(3)38)20-8-10-21(11-9-20)32-13-12-22(15-32)36-16-25(35)37-27(4,5)6/h8-11,17,22-23,38H,3,7,12-16H2,1-2,4-6H3,(H,29,34)/t17-,22-,23+/m1/s1. The Morgan fingerprint density at radius 2 is 1.95 bits per heavy atom. The lowest BCUT2D eigenvalue weighted by Gasteiger charge is -2.22. The Bertz CT molecular complexity index is 1160. The lowest BCUT2D eigenvalue weighted by atomic mass is 10.1. The van der Waals surface area contributed by atoms with Crippen LogP contribution in [0.2, 0.25) is 0 Å². The summed E-state index contributed by atoms with van der Waals surface area (Å²) in [5.74, 6) is 0.557. The zero-order valence-corrected chi connectivity index (χ0v) is 23.7. The molecular weight excluding hydrogens is 504 g/mol. The number of carbonyl (C=O) groups excluding carboxylic acids is 2. The van der Waals surface area contributed by atoms with Crippen molar-refractivity contribution >= 4 is 41.9 Å². The molecule has 1 N–H and O–H groups in total. The fraction of sp³-hybridized carbons (Fsp3) is 0.519. The topological polar surface area (TPSA) is 111 Å². The first kappa shape index (κ1) is 29.4. The minimum Gasteiger partial charge on any atom is -0.458 e. The lowest BCUT2D eigenvalue weighted by molar-refractivity contribution is -0.161. The molecule has 1 aromatic carbocycles. The van der Waals surface area contributed by atoms with Crippen molar-refractivity contribution in [2.45, 2.75) is 71.2 Å². The number of aromatic nitrogens is 3. The molecule has 1 amide bonds. The molecule has 0 spiro atoms. The number of carbonyl (C=O) groups is 2. The van der Waals surface area contributed by atoms with Gasteiger partial charge >= 0.3 is 5.97 Å². The second kappa shape index (κ2) is 12.6. The summed E-state index contributed by atoms with van der Waals surface area (Å²) in [6, 6.07) is 7.30. The predicted molar refractivity (Wildman–Crippen MR) is 151 cm³/mol. The average Bonchev–Trinajstić information content (AvgIpc) is 3.47. The number of thiol groups is 1. The maximum atomic E-state index is 12.8. The Morgan fingerprint density at radius 3 is 2.55 bits per heavy atom. The van der Waals surface area contributed by atoms with Crippen LogP contribution >= 0.6 is 12.6 Å². The van der Waals surface area contributed by atoms with Crippen molar-refractivity contribution < 1.29 is 19.1 Å². The van der Waals surface area contributed by atoms with Gasteiger partial charge in [-0.15, -0.1) is 22.8 Å². The van der Waals surface area contributed by atoms with Crippen molar-refractivity contribution in [2.75, 3.05) is 24.6 Å². The van der Waals surface area contributed by atoms with Gasteiger partial charge in [0.2, 0.25) is 5.91 Å². The van der Waals surface area contributed by atoms with Gasteiger partial charge in [0, 0.05) is 18.8 Å². The van der Waals surface area contributed by atoms with Gasteiger partial charge in [-0.1, -0.05) is 18.7 Å². The molecular formula is C27H38N6O4S. The van der Waals surface area contributed by atoms with Crippen molar-refractivity contribution in [1.82, 2.24) is 20.1 Å². The number of esters is 1. The van der Waals surface area contributed by atoms with Crippen molar-refractivity contribution in [3.8, 4) is 0 Å². The molecule has 1 aliphatic rings. The van der Waals surface area contributed by atoms with Gasteiger partial charge in [-0.2, -0.15) is 0 Å². The minimum atomic E-state index is -0.574. The van der Waals surface area contributed by atoms with Crippen LogP contribution in [0, 0.1) is 6.92 Å². The number of hydrogen-bond acceptors (Lipinski definition) is 9. The van der Waals surface area contributed by atoms with Crippen LogP contribution in [-0.2, 0) is 19.1 Å². The highest BCUT2D eigenvalue weighted by Crippen LogP contribution is 2.26. The summed E-state index contributed by atoms with van der Waals surface area (Å²) in [6.07, 6.45) is 0.883. The molecule has 1 aliphatic heterocycles. The Labute approximate surface area is 229 Å². The highest BCUT2D eigenvalue weighted by atomic mass is 32.1. The summed E-state index contributed by atoms with van der Waals surface area (Å²) in [5.41, 5.74) is 1.52. The van der Waals surface area contributed by atoms with E-state index in [1.165, 1.54) is 0 Å². The molecule has 0 saturated carbocycles. The Morgan fingerprint density at radius 1 is 1.26 bits per heavy atom. The molecule has 206 valence electrons. The van der Waals surface area contributed by atoms with Crippen LogP contribution in [0.3, 0.4) is 0 Å². The van der Waals surface area contributed by atoms with Crippen molar-refractivity contribution in [2.24, 2.45) is 4.99 Å². The largest absolute Gasteiger partial charge is 0.458 e. The first-order chi connectivity index (χ1) is 17.9. The van der Waals surface area contributed by atoms with Gasteiger partial charge in [-0.25, -0.2) is 4.79 Å². The van der Waals surface area contributed by atoms with Crippen LogP contribution in [0.25, 0.3) is 5.03 Å². The molecule has 38 heavy (non-hydrogen) atoms. The Kier molecular flexibility index (Phi) is 9.72. The number of hydrogen-bond donors (Lipinski definition) is 2. The van der Waals surface area contributed by atoms with Gasteiger partial charge in [-0.05, 0) is 65.5 Å². The Balaban J connectivity index is 1.51. The van der Waals surface area contributed by atoms with E-state index in [1.54, 1.807) is 11.5 Å². The molecule has 1 aromatic heterocycles. The number of rotatable bonds is 11. The number of ether oxygens (including phenoxy) is 2. The maximum Gasteiger partial charge on any atom is 0.332 e. The first-order valence-electron chi connectivity index (χ1n) is 12.6. The quantitative estimate of drug-likeness (QED) is 0.252. The van der Waals surface area contributed by atoms with Crippen LogP contribution in [0.4, 0.5) is 5.69 Å². The minimum absolute atomic E-state index is 0.0267. The van der Waals surface area contributed by atoms with Crippen LogP contribution < -0.4 is 10.2 Å². The van der Waals surface area contributed by atoms with Gasteiger partial charge in [0.05, 0.1) is 23.6 Å². The molecule has 1 saturated heterocycles. The highest BCUT2D eigenvalue weighted by Gasteiger charge is 2.26. The molecule has 11 heteroatoms. The van der Waals surface area contributed by atoms with E-state index in [0.29, 0.717) is 23.2 Å². The van der Waals surface area contributed by atoms with Crippen molar-refractivity contribution in [3.63, 3.8) is 0 Å². The lowest BCUT2D eigenvalue weighted by Crippen LogP contribution is -2.29. The second-order valence-electron chi connectivity index (χ2n) is 10.4. The number of benzene rings is 1. The number of nitrogens with zero attached hydrogens (tertiary/aromatic N) is 5. The van der Waals surface area contributed by atoms with Crippen molar-refractivity contribution in [3.05, 3.63) is 48.1 Å². The molecule has 0 bridgehead atoms. The number of aliphatic imine (C=N–C) groups is 1. The van der Waals surface area contributed by atoms with Crippen molar-refractivity contribution in [1.29, 1.82) is 0 Å². The normalized spacial score (nSPS) is 17.1. The summed E-state index contributed by atoms with van der Waals surface area (Å²) in [5, 5.41) is 11.7. The van der Waals surface area contributed by atoms with Crippen LogP contribution in [0.5, 0.6) is 0 Å². The van der Waals surface area contributed by atoms with Gasteiger partial charge in [-0.3, -0.25) is 14.4 Å². The summed E-state index contributed by atoms with van der Waals surface area (Å²) >= 11 is 4.29. The third-order valence-corrected chi connectivity index (χ3v) is 6.34. The smallest absolute Gasteiger partial charge is 0.332 e. The van der Waals surface area contributed by atoms with E-state index in [0.717, 1.165) is 24.2 Å².